The van der Waals surface area contributed by atoms with Crippen LogP contribution in [0.4, 0.5) is 0 Å². The van der Waals surface area contributed by atoms with E-state index in [0.717, 1.165) is 10.9 Å². The summed E-state index contributed by atoms with van der Waals surface area (Å²) < 4.78 is 19.8. The number of carbonyl (C=O) groups is 1. The first-order valence-corrected chi connectivity index (χ1v) is 6.29. The first-order valence-electron chi connectivity index (χ1n) is 5.02. The summed E-state index contributed by atoms with van der Waals surface area (Å²) in [6.45, 7) is 0. The SMILES string of the molecule is NC(=O)Cc1c(CS(=O)O)[nH]c2ccccc12. The van der Waals surface area contributed by atoms with Gasteiger partial charge in [0.05, 0.1) is 12.2 Å². The van der Waals surface area contributed by atoms with Crippen molar-refractivity contribution in [3.8, 4) is 0 Å². The van der Waals surface area contributed by atoms with Crippen molar-refractivity contribution in [1.82, 2.24) is 4.98 Å². The number of hydrogen-bond donors (Lipinski definition) is 3. The number of aromatic nitrogens is 1. The number of nitrogens with one attached hydrogen (secondary N) is 1. The number of H-pyrrole nitrogens is 1. The van der Waals surface area contributed by atoms with Gasteiger partial charge < -0.3 is 15.3 Å². The van der Waals surface area contributed by atoms with Crippen molar-refractivity contribution in [2.45, 2.75) is 12.2 Å². The number of aromatic amines is 1. The fourth-order valence-corrected chi connectivity index (χ4v) is 2.37. The Hall–Kier alpha value is -1.66. The molecule has 0 radical (unpaired) electrons. The van der Waals surface area contributed by atoms with Gasteiger partial charge in [0.25, 0.3) is 0 Å². The zero-order valence-electron chi connectivity index (χ0n) is 8.97. The molecule has 0 aliphatic heterocycles. The van der Waals surface area contributed by atoms with Crippen LogP contribution in [-0.4, -0.2) is 19.7 Å². The Labute approximate surface area is 100 Å². The lowest BCUT2D eigenvalue weighted by Gasteiger charge is -2.00. The average Bonchev–Trinajstić information content (AvgIpc) is 2.55. The largest absolute Gasteiger partial charge is 0.369 e. The Morgan fingerprint density at radius 3 is 2.76 bits per heavy atom. The van der Waals surface area contributed by atoms with E-state index in [-0.39, 0.29) is 12.2 Å². The molecule has 0 bridgehead atoms. The number of benzene rings is 1. The van der Waals surface area contributed by atoms with Gasteiger partial charge in [0, 0.05) is 16.6 Å². The number of primary amides is 1. The van der Waals surface area contributed by atoms with Crippen LogP contribution in [0, 0.1) is 0 Å². The van der Waals surface area contributed by atoms with Crippen LogP contribution >= 0.6 is 0 Å². The molecular weight excluding hydrogens is 240 g/mol. The number of para-hydroxylation sites is 1. The third-order valence-corrected chi connectivity index (χ3v) is 3.06. The third-order valence-electron chi connectivity index (χ3n) is 2.52. The lowest BCUT2D eigenvalue weighted by atomic mass is 10.1. The molecule has 0 aliphatic rings. The monoisotopic (exact) mass is 252 g/mol. The molecule has 90 valence electrons. The predicted octanol–water partition coefficient (Wildman–Crippen LogP) is 0.917. The van der Waals surface area contributed by atoms with E-state index in [1.54, 1.807) is 0 Å². The van der Waals surface area contributed by atoms with Crippen LogP contribution in [-0.2, 0) is 28.0 Å². The fourth-order valence-electron chi connectivity index (χ4n) is 1.88. The van der Waals surface area contributed by atoms with Gasteiger partial charge in [0.2, 0.25) is 5.91 Å². The van der Waals surface area contributed by atoms with Crippen LogP contribution in [0.3, 0.4) is 0 Å². The maximum absolute atomic E-state index is 11.0. The quantitative estimate of drug-likeness (QED) is 0.706. The molecule has 1 aromatic carbocycles. The molecule has 4 N–H and O–H groups in total. The second-order valence-electron chi connectivity index (χ2n) is 3.74. The summed E-state index contributed by atoms with van der Waals surface area (Å²) in [5.41, 5.74) is 7.31. The minimum atomic E-state index is -1.95. The molecule has 0 spiro atoms. The first-order chi connectivity index (χ1) is 8.08. The molecule has 5 nitrogen and oxygen atoms in total. The van der Waals surface area contributed by atoms with E-state index in [4.69, 9.17) is 10.3 Å². The number of hydrogen-bond acceptors (Lipinski definition) is 2. The zero-order valence-corrected chi connectivity index (χ0v) is 9.79. The molecular formula is C11H12N2O3S. The smallest absolute Gasteiger partial charge is 0.221 e. The van der Waals surface area contributed by atoms with Crippen LogP contribution in [0.2, 0.25) is 0 Å². The van der Waals surface area contributed by atoms with Gasteiger partial charge in [-0.1, -0.05) is 18.2 Å². The van der Waals surface area contributed by atoms with E-state index in [9.17, 15) is 9.00 Å². The standard InChI is InChI=1S/C11H12N2O3S/c12-11(14)5-8-7-3-1-2-4-9(7)13-10(8)6-17(15)16/h1-4,13H,5-6H2,(H2,12,14)(H,15,16). The molecule has 6 heteroatoms. The third kappa shape index (κ3) is 2.54. The molecule has 17 heavy (non-hydrogen) atoms. The molecule has 0 saturated carbocycles. The maximum Gasteiger partial charge on any atom is 0.221 e. The first kappa shape index (κ1) is 11.8. The Kier molecular flexibility index (Phi) is 3.26. The van der Waals surface area contributed by atoms with Gasteiger partial charge >= 0.3 is 0 Å². The van der Waals surface area contributed by atoms with Crippen molar-refractivity contribution in [1.29, 1.82) is 0 Å². The van der Waals surface area contributed by atoms with Gasteiger partial charge in [-0.15, -0.1) is 0 Å². The van der Waals surface area contributed by atoms with Gasteiger partial charge in [-0.2, -0.15) is 0 Å². The summed E-state index contributed by atoms with van der Waals surface area (Å²) in [5, 5.41) is 0.867. The number of nitrogens with two attached hydrogens (primary N) is 1. The summed E-state index contributed by atoms with van der Waals surface area (Å²) >= 11 is -1.95. The van der Waals surface area contributed by atoms with Crippen molar-refractivity contribution in [2.75, 3.05) is 0 Å². The van der Waals surface area contributed by atoms with E-state index in [1.165, 1.54) is 0 Å². The Bertz CT molecular complexity index is 591. The number of fused-ring (bicyclic) bond motifs is 1. The van der Waals surface area contributed by atoms with Crippen LogP contribution < -0.4 is 5.73 Å². The summed E-state index contributed by atoms with van der Waals surface area (Å²) in [6, 6.07) is 7.41. The summed E-state index contributed by atoms with van der Waals surface area (Å²) in [7, 11) is 0. The second-order valence-corrected chi connectivity index (χ2v) is 4.67. The Balaban J connectivity index is 2.56. The van der Waals surface area contributed by atoms with Crippen molar-refractivity contribution >= 4 is 27.9 Å². The van der Waals surface area contributed by atoms with Crippen molar-refractivity contribution < 1.29 is 13.6 Å². The molecule has 0 aliphatic carbocycles. The molecule has 1 aromatic heterocycles. The highest BCUT2D eigenvalue weighted by molar-refractivity contribution is 7.78. The zero-order chi connectivity index (χ0) is 12.4. The fraction of sp³-hybridized carbons (Fsp3) is 0.182. The molecule has 2 aromatic rings. The highest BCUT2D eigenvalue weighted by atomic mass is 32.2. The van der Waals surface area contributed by atoms with Crippen molar-refractivity contribution in [3.05, 3.63) is 35.5 Å². The normalized spacial score (nSPS) is 12.8. The maximum atomic E-state index is 11.0. The minimum Gasteiger partial charge on any atom is -0.369 e. The molecule has 0 fully saturated rings. The van der Waals surface area contributed by atoms with Crippen LogP contribution in [0.25, 0.3) is 10.9 Å². The topological polar surface area (TPSA) is 96.2 Å². The lowest BCUT2D eigenvalue weighted by Crippen LogP contribution is -2.14. The van der Waals surface area contributed by atoms with Crippen LogP contribution in [0.5, 0.6) is 0 Å². The molecule has 0 saturated heterocycles. The predicted molar refractivity (Wildman–Crippen MR) is 65.7 cm³/mol. The van der Waals surface area contributed by atoms with Gasteiger partial charge in [0.15, 0.2) is 11.1 Å². The van der Waals surface area contributed by atoms with E-state index in [2.05, 4.69) is 4.98 Å². The minimum absolute atomic E-state index is 0.0305. The van der Waals surface area contributed by atoms with E-state index < -0.39 is 17.0 Å². The Morgan fingerprint density at radius 1 is 1.41 bits per heavy atom. The number of amides is 1. The lowest BCUT2D eigenvalue weighted by molar-refractivity contribution is -0.117. The van der Waals surface area contributed by atoms with E-state index in [1.807, 2.05) is 24.3 Å². The van der Waals surface area contributed by atoms with E-state index >= 15 is 0 Å². The molecule has 1 atom stereocenters. The Morgan fingerprint density at radius 2 is 2.12 bits per heavy atom. The van der Waals surface area contributed by atoms with Gasteiger partial charge in [-0.05, 0) is 11.6 Å². The number of carbonyl (C=O) groups excluding carboxylic acids is 1. The molecule has 1 heterocycles. The summed E-state index contributed by atoms with van der Waals surface area (Å²) in [6.07, 6.45) is 0.0660. The summed E-state index contributed by atoms with van der Waals surface area (Å²) in [5.74, 6) is -0.489. The van der Waals surface area contributed by atoms with Gasteiger partial charge in [-0.25, -0.2) is 4.21 Å². The molecule has 2 rings (SSSR count). The second kappa shape index (κ2) is 4.68. The van der Waals surface area contributed by atoms with Gasteiger partial charge in [0.1, 0.15) is 0 Å². The van der Waals surface area contributed by atoms with Gasteiger partial charge in [-0.3, -0.25) is 4.79 Å². The van der Waals surface area contributed by atoms with Crippen molar-refractivity contribution in [3.63, 3.8) is 0 Å². The van der Waals surface area contributed by atoms with Crippen LogP contribution in [0.15, 0.2) is 24.3 Å². The molecule has 1 unspecified atom stereocenters. The molecule has 1 amide bonds. The highest BCUT2D eigenvalue weighted by Crippen LogP contribution is 2.23. The number of rotatable bonds is 4. The average molecular weight is 252 g/mol. The van der Waals surface area contributed by atoms with Crippen LogP contribution in [0.1, 0.15) is 11.3 Å². The summed E-state index contributed by atoms with van der Waals surface area (Å²) in [4.78, 5) is 14.1. The van der Waals surface area contributed by atoms with E-state index in [0.29, 0.717) is 11.3 Å². The highest BCUT2D eigenvalue weighted by Gasteiger charge is 2.14. The van der Waals surface area contributed by atoms with Crippen molar-refractivity contribution in [2.24, 2.45) is 5.73 Å².